The molecule has 0 saturated carbocycles. The number of non-ortho nitro benzene ring substituents is 1. The number of nitrogens with zero attached hydrogens (tertiary/aromatic N) is 3. The normalized spacial score (nSPS) is 14.9. The highest BCUT2D eigenvalue weighted by Gasteiger charge is 2.45. The van der Waals surface area contributed by atoms with Crippen LogP contribution in [-0.2, 0) is 16.1 Å². The highest BCUT2D eigenvalue weighted by atomic mass is 35.5. The van der Waals surface area contributed by atoms with Crippen molar-refractivity contribution in [3.8, 4) is 5.75 Å². The third kappa shape index (κ3) is 6.82. The van der Waals surface area contributed by atoms with Crippen molar-refractivity contribution in [3.63, 3.8) is 0 Å². The Kier molecular flexibility index (Phi) is 9.59. The van der Waals surface area contributed by atoms with Crippen LogP contribution in [0.25, 0.3) is 6.08 Å². The summed E-state index contributed by atoms with van der Waals surface area (Å²) in [6.07, 6.45) is -3.73. The molecule has 0 N–H and O–H groups in total. The van der Waals surface area contributed by atoms with Gasteiger partial charge in [-0.2, -0.15) is 13.2 Å². The number of rotatable bonds is 8. The molecule has 1 aliphatic rings. The first-order valence-electron chi connectivity index (χ1n) is 13.2. The highest BCUT2D eigenvalue weighted by Crippen LogP contribution is 2.39. The number of carbonyl (C=O) groups excluding carboxylic acids is 1. The molecule has 0 spiro atoms. The molecule has 0 bridgehead atoms. The third-order valence-electron chi connectivity index (χ3n) is 6.63. The number of alkyl halides is 3. The van der Waals surface area contributed by atoms with Crippen LogP contribution < -0.4 is 19.6 Å². The number of benzene rings is 3. The van der Waals surface area contributed by atoms with E-state index in [1.807, 2.05) is 0 Å². The zero-order valence-electron chi connectivity index (χ0n) is 23.3. The zero-order valence-corrected chi connectivity index (χ0v) is 26.4. The van der Waals surface area contributed by atoms with Crippen molar-refractivity contribution in [2.45, 2.75) is 25.7 Å². The Morgan fingerprint density at radius 2 is 1.76 bits per heavy atom. The Morgan fingerprint density at radius 1 is 1.09 bits per heavy atom. The van der Waals surface area contributed by atoms with Crippen LogP contribution >= 0.6 is 46.1 Å². The largest absolute Gasteiger partial charge is 0.487 e. The summed E-state index contributed by atoms with van der Waals surface area (Å²) in [6, 6.07) is 12.6. The van der Waals surface area contributed by atoms with Crippen LogP contribution in [0.2, 0.25) is 15.1 Å². The van der Waals surface area contributed by atoms with Crippen molar-refractivity contribution in [3.05, 3.63) is 133 Å². The average Bonchev–Trinajstić information content (AvgIpc) is 3.30. The maximum atomic E-state index is 14.4. The number of allylic oxidation sites excluding steroid dienone is 1. The number of halogens is 6. The van der Waals surface area contributed by atoms with Crippen LogP contribution in [-0.4, -0.2) is 28.2 Å². The van der Waals surface area contributed by atoms with E-state index in [0.29, 0.717) is 16.9 Å². The van der Waals surface area contributed by atoms with Crippen molar-refractivity contribution in [2.75, 3.05) is 6.61 Å². The minimum atomic E-state index is -5.07. The monoisotopic (exact) mass is 711 g/mol. The molecule has 9 nitrogen and oxygen atoms in total. The van der Waals surface area contributed by atoms with Crippen molar-refractivity contribution in [1.29, 1.82) is 0 Å². The van der Waals surface area contributed by atoms with Gasteiger partial charge in [0.1, 0.15) is 12.4 Å². The first-order valence-corrected chi connectivity index (χ1v) is 15.1. The molecular formula is C30H19Cl3F3N3O6S. The maximum absolute atomic E-state index is 14.4. The number of thiazole rings is 1. The molecule has 0 aliphatic carbocycles. The number of nitro benzene ring substituents is 1. The fourth-order valence-electron chi connectivity index (χ4n) is 4.65. The Labute approximate surface area is 276 Å². The Morgan fingerprint density at radius 3 is 2.37 bits per heavy atom. The van der Waals surface area contributed by atoms with E-state index in [-0.39, 0.29) is 60.2 Å². The van der Waals surface area contributed by atoms with Crippen molar-refractivity contribution in [1.82, 2.24) is 4.57 Å². The Hall–Kier alpha value is -4.17. The van der Waals surface area contributed by atoms with Gasteiger partial charge in [-0.3, -0.25) is 19.5 Å². The molecule has 1 atom stereocenters. The minimum absolute atomic E-state index is 0.0661. The second kappa shape index (κ2) is 13.3. The van der Waals surface area contributed by atoms with Gasteiger partial charge < -0.3 is 9.47 Å². The number of esters is 1. The number of hydrogen-bond acceptors (Lipinski definition) is 8. The summed E-state index contributed by atoms with van der Waals surface area (Å²) in [5.41, 5.74) is -2.27. The predicted octanol–water partition coefficient (Wildman–Crippen LogP) is 6.79. The first-order chi connectivity index (χ1) is 21.8. The summed E-state index contributed by atoms with van der Waals surface area (Å²) in [7, 11) is 0. The highest BCUT2D eigenvalue weighted by molar-refractivity contribution is 7.07. The second-order valence-corrected chi connectivity index (χ2v) is 11.9. The molecule has 46 heavy (non-hydrogen) atoms. The molecule has 16 heteroatoms. The van der Waals surface area contributed by atoms with Crippen LogP contribution in [0, 0.1) is 10.1 Å². The molecule has 1 aliphatic heterocycles. The van der Waals surface area contributed by atoms with Gasteiger partial charge in [0, 0.05) is 27.7 Å². The quantitative estimate of drug-likeness (QED) is 0.113. The van der Waals surface area contributed by atoms with E-state index in [4.69, 9.17) is 44.3 Å². The van der Waals surface area contributed by atoms with E-state index in [9.17, 15) is 32.9 Å². The summed E-state index contributed by atoms with van der Waals surface area (Å²) in [4.78, 5) is 40.8. The van der Waals surface area contributed by atoms with Gasteiger partial charge in [-0.25, -0.2) is 9.79 Å². The Bertz CT molecular complexity index is 2060. The topological polar surface area (TPSA) is 113 Å². The minimum Gasteiger partial charge on any atom is -0.487 e. The van der Waals surface area contributed by atoms with Crippen LogP contribution in [0.4, 0.5) is 18.9 Å². The molecule has 0 unspecified atom stereocenters. The molecular weight excluding hydrogens is 694 g/mol. The molecule has 0 radical (unpaired) electrons. The zero-order chi connectivity index (χ0) is 33.3. The van der Waals surface area contributed by atoms with Gasteiger partial charge in [0.25, 0.3) is 11.2 Å². The van der Waals surface area contributed by atoms with Crippen LogP contribution in [0.1, 0.15) is 29.7 Å². The third-order valence-corrected chi connectivity index (χ3v) is 8.37. The van der Waals surface area contributed by atoms with Gasteiger partial charge in [0.05, 0.1) is 32.7 Å². The molecule has 5 rings (SSSR count). The van der Waals surface area contributed by atoms with Crippen molar-refractivity contribution < 1.29 is 32.4 Å². The van der Waals surface area contributed by atoms with Gasteiger partial charge in [0.2, 0.25) is 0 Å². The number of ether oxygens (including phenoxy) is 2. The van der Waals surface area contributed by atoms with Crippen molar-refractivity contribution >= 4 is 63.9 Å². The second-order valence-electron chi connectivity index (χ2n) is 9.63. The summed E-state index contributed by atoms with van der Waals surface area (Å²) in [5.74, 6) is -1.19. The number of aromatic nitrogens is 1. The lowest BCUT2D eigenvalue weighted by Gasteiger charge is -2.26. The summed E-state index contributed by atoms with van der Waals surface area (Å²) in [5, 5.41) is 11.5. The molecule has 238 valence electrons. The number of nitro groups is 1. The van der Waals surface area contributed by atoms with Crippen molar-refractivity contribution in [2.24, 2.45) is 4.99 Å². The summed E-state index contributed by atoms with van der Waals surface area (Å²) >= 11 is 19.4. The fourth-order valence-corrected chi connectivity index (χ4v) is 6.33. The lowest BCUT2D eigenvalue weighted by molar-refractivity contribution is -0.384. The van der Waals surface area contributed by atoms with Crippen LogP contribution in [0.15, 0.2) is 81.7 Å². The van der Waals surface area contributed by atoms with E-state index in [0.717, 1.165) is 4.57 Å². The molecule has 0 amide bonds. The maximum Gasteiger partial charge on any atom is 0.434 e. The first kappa shape index (κ1) is 33.2. The number of carbonyl (C=O) groups is 1. The van der Waals surface area contributed by atoms with Gasteiger partial charge in [-0.15, -0.1) is 0 Å². The lowest BCUT2D eigenvalue weighted by atomic mass is 9.95. The van der Waals surface area contributed by atoms with Gasteiger partial charge in [0.15, 0.2) is 10.5 Å². The standard InChI is InChI=1S/C30H19Cl3F3N3O6S/c1-2-44-28(41)23-24(16-5-7-18(31)8-6-16)38-27(40)22(46-29(38)37-26(23)30(34,35)36)12-17-11-19(32)13-21(33)25(17)45-14-15-3-9-20(10-4-15)39(42)43/h3-13,24H,2,14H2,1H3/b22-12-/t24-/m1/s1. The van der Waals surface area contributed by atoms with E-state index < -0.39 is 39.9 Å². The number of hydrogen-bond donors (Lipinski definition) is 0. The van der Waals surface area contributed by atoms with Gasteiger partial charge >= 0.3 is 12.1 Å². The molecule has 0 fully saturated rings. The summed E-state index contributed by atoms with van der Waals surface area (Å²) in [6.45, 7) is 1.15. The van der Waals surface area contributed by atoms with Crippen LogP contribution in [0.5, 0.6) is 5.75 Å². The SMILES string of the molecule is CCOC(=O)C1=C(C(F)(F)F)N=c2s/c(=C\c3cc(Cl)cc(Cl)c3OCc3ccc([N+](=O)[O-])cc3)c(=O)n2[C@@H]1c1ccc(Cl)cc1. The summed E-state index contributed by atoms with van der Waals surface area (Å²) < 4.78 is 54.9. The molecule has 3 aromatic carbocycles. The number of fused-ring (bicyclic) bond motifs is 1. The van der Waals surface area contributed by atoms with E-state index in [1.165, 1.54) is 73.7 Å². The predicted molar refractivity (Wildman–Crippen MR) is 166 cm³/mol. The fraction of sp³-hybridized carbons (Fsp3) is 0.167. The van der Waals surface area contributed by atoms with Gasteiger partial charge in [-0.05, 0) is 60.5 Å². The Balaban J connectivity index is 1.67. The molecule has 0 saturated heterocycles. The van der Waals surface area contributed by atoms with Gasteiger partial charge in [-0.1, -0.05) is 58.3 Å². The van der Waals surface area contributed by atoms with Crippen LogP contribution in [0.3, 0.4) is 0 Å². The van der Waals surface area contributed by atoms with E-state index in [2.05, 4.69) is 4.99 Å². The lowest BCUT2D eigenvalue weighted by Crippen LogP contribution is -2.41. The average molecular weight is 713 g/mol. The molecule has 1 aromatic heterocycles. The molecule has 4 aromatic rings. The van der Waals surface area contributed by atoms with E-state index in [1.54, 1.807) is 0 Å². The van der Waals surface area contributed by atoms with E-state index >= 15 is 0 Å². The molecule has 2 heterocycles. The smallest absolute Gasteiger partial charge is 0.434 e.